The molecule has 29 heavy (non-hydrogen) atoms. The first kappa shape index (κ1) is 19.1. The summed E-state index contributed by atoms with van der Waals surface area (Å²) in [4.78, 5) is 4.19. The number of para-hydroxylation sites is 2. The van der Waals surface area contributed by atoms with E-state index in [0.717, 1.165) is 42.4 Å². The largest absolute Gasteiger partial charge is 0.493 e. The van der Waals surface area contributed by atoms with Crippen molar-refractivity contribution in [2.24, 2.45) is 5.10 Å². The van der Waals surface area contributed by atoms with Crippen LogP contribution in [0.3, 0.4) is 0 Å². The van der Waals surface area contributed by atoms with E-state index in [1.807, 2.05) is 65.4 Å². The van der Waals surface area contributed by atoms with E-state index in [0.29, 0.717) is 13.2 Å². The van der Waals surface area contributed by atoms with Crippen molar-refractivity contribution in [3.05, 3.63) is 78.9 Å². The van der Waals surface area contributed by atoms with Gasteiger partial charge in [-0.25, -0.2) is 4.98 Å². The van der Waals surface area contributed by atoms with E-state index in [9.17, 15) is 0 Å². The van der Waals surface area contributed by atoms with E-state index < -0.39 is 0 Å². The Morgan fingerprint density at radius 1 is 0.931 bits per heavy atom. The van der Waals surface area contributed by atoms with Gasteiger partial charge in [-0.15, -0.1) is 0 Å². The second-order valence-corrected chi connectivity index (χ2v) is 6.91. The van der Waals surface area contributed by atoms with Gasteiger partial charge >= 0.3 is 0 Å². The van der Waals surface area contributed by atoms with Gasteiger partial charge in [-0.1, -0.05) is 30.3 Å². The standard InChI is InChI=1S/C23H26N4O2/c1-2-9-20(10-3-1)28-17-8-18-29-22-12-5-4-11-21(22)23(26-16-13-24-19-26)25-27-14-6-7-15-27/h1-5,9-13,16,19H,6-8,14-15,17-18H2/b25-23+. The fourth-order valence-corrected chi connectivity index (χ4v) is 3.29. The molecule has 1 aromatic heterocycles. The van der Waals surface area contributed by atoms with Crippen LogP contribution in [0.4, 0.5) is 0 Å². The Kier molecular flexibility index (Phi) is 6.42. The molecule has 0 N–H and O–H groups in total. The molecule has 2 heterocycles. The molecule has 4 rings (SSSR count). The maximum atomic E-state index is 6.11. The van der Waals surface area contributed by atoms with Gasteiger partial charge in [0.25, 0.3) is 0 Å². The molecule has 0 aliphatic carbocycles. The van der Waals surface area contributed by atoms with Crippen molar-refractivity contribution in [2.45, 2.75) is 19.3 Å². The van der Waals surface area contributed by atoms with Gasteiger partial charge in [0, 0.05) is 31.9 Å². The number of hydrogen-bond acceptors (Lipinski definition) is 5. The topological polar surface area (TPSA) is 51.9 Å². The van der Waals surface area contributed by atoms with E-state index >= 15 is 0 Å². The Balaban J connectivity index is 1.43. The maximum absolute atomic E-state index is 6.11. The van der Waals surface area contributed by atoms with Crippen molar-refractivity contribution < 1.29 is 9.47 Å². The van der Waals surface area contributed by atoms with E-state index in [4.69, 9.17) is 14.6 Å². The molecule has 1 aliphatic heterocycles. The lowest BCUT2D eigenvalue weighted by atomic mass is 10.2. The van der Waals surface area contributed by atoms with Gasteiger partial charge in [-0.2, -0.15) is 5.10 Å². The summed E-state index contributed by atoms with van der Waals surface area (Å²) in [5.74, 6) is 2.53. The molecule has 1 aliphatic rings. The minimum Gasteiger partial charge on any atom is -0.493 e. The predicted octanol–water partition coefficient (Wildman–Crippen LogP) is 4.04. The highest BCUT2D eigenvalue weighted by Crippen LogP contribution is 2.21. The highest BCUT2D eigenvalue weighted by atomic mass is 16.5. The van der Waals surface area contributed by atoms with Gasteiger partial charge in [0.2, 0.25) is 0 Å². The van der Waals surface area contributed by atoms with Crippen LogP contribution in [0, 0.1) is 0 Å². The fraction of sp³-hybridized carbons (Fsp3) is 0.304. The van der Waals surface area contributed by atoms with Crippen molar-refractivity contribution in [3.63, 3.8) is 0 Å². The Bertz CT molecular complexity index is 904. The van der Waals surface area contributed by atoms with Crippen LogP contribution in [-0.4, -0.2) is 46.7 Å². The van der Waals surface area contributed by atoms with Gasteiger partial charge in [-0.3, -0.25) is 9.58 Å². The first-order valence-corrected chi connectivity index (χ1v) is 10.1. The Hall–Kier alpha value is -3.28. The van der Waals surface area contributed by atoms with Crippen molar-refractivity contribution in [2.75, 3.05) is 26.3 Å². The van der Waals surface area contributed by atoms with Crippen LogP contribution in [0.5, 0.6) is 11.5 Å². The number of imidazole rings is 1. The van der Waals surface area contributed by atoms with Gasteiger partial charge < -0.3 is 9.47 Å². The van der Waals surface area contributed by atoms with Crippen LogP contribution >= 0.6 is 0 Å². The zero-order valence-corrected chi connectivity index (χ0v) is 16.5. The summed E-state index contributed by atoms with van der Waals surface area (Å²) in [5, 5.41) is 7.03. The van der Waals surface area contributed by atoms with Crippen LogP contribution < -0.4 is 9.47 Å². The molecule has 0 radical (unpaired) electrons. The molecule has 6 heteroatoms. The minimum absolute atomic E-state index is 0.574. The molecule has 0 atom stereocenters. The highest BCUT2D eigenvalue weighted by Gasteiger charge is 2.16. The summed E-state index contributed by atoms with van der Waals surface area (Å²) in [6.45, 7) is 3.16. The van der Waals surface area contributed by atoms with E-state index in [1.54, 1.807) is 12.5 Å². The molecule has 3 aromatic rings. The second kappa shape index (κ2) is 9.78. The van der Waals surface area contributed by atoms with Crippen LogP contribution in [0.15, 0.2) is 78.4 Å². The number of benzene rings is 2. The lowest BCUT2D eigenvalue weighted by molar-refractivity contribution is 0.247. The molecule has 0 spiro atoms. The molecule has 6 nitrogen and oxygen atoms in total. The van der Waals surface area contributed by atoms with Gasteiger partial charge in [-0.05, 0) is 37.1 Å². The zero-order valence-electron chi connectivity index (χ0n) is 16.5. The molecule has 0 bridgehead atoms. The molecule has 0 amide bonds. The molecule has 2 aromatic carbocycles. The summed E-state index contributed by atoms with van der Waals surface area (Å²) >= 11 is 0. The molecular formula is C23H26N4O2. The molecule has 1 fully saturated rings. The van der Waals surface area contributed by atoms with Gasteiger partial charge in [0.1, 0.15) is 17.8 Å². The summed E-state index contributed by atoms with van der Waals surface area (Å²) < 4.78 is 13.8. The maximum Gasteiger partial charge on any atom is 0.169 e. The number of rotatable bonds is 8. The normalized spacial score (nSPS) is 14.2. The zero-order chi connectivity index (χ0) is 19.7. The van der Waals surface area contributed by atoms with Crippen LogP contribution in [0.25, 0.3) is 0 Å². The van der Waals surface area contributed by atoms with Crippen LogP contribution in [-0.2, 0) is 0 Å². The van der Waals surface area contributed by atoms with Crippen molar-refractivity contribution in [1.82, 2.24) is 14.6 Å². The lowest BCUT2D eigenvalue weighted by Crippen LogP contribution is -2.21. The summed E-state index contributed by atoms with van der Waals surface area (Å²) in [6.07, 6.45) is 8.62. The van der Waals surface area contributed by atoms with E-state index in [-0.39, 0.29) is 0 Å². The molecule has 0 unspecified atom stereocenters. The molecular weight excluding hydrogens is 364 g/mol. The number of nitrogens with zero attached hydrogens (tertiary/aromatic N) is 4. The first-order valence-electron chi connectivity index (χ1n) is 10.1. The average molecular weight is 390 g/mol. The summed E-state index contributed by atoms with van der Waals surface area (Å²) in [6, 6.07) is 17.9. The van der Waals surface area contributed by atoms with Crippen LogP contribution in [0.1, 0.15) is 24.8 Å². The number of hydrazone groups is 1. The monoisotopic (exact) mass is 390 g/mol. The quantitative estimate of drug-likeness (QED) is 0.331. The van der Waals surface area contributed by atoms with Gasteiger partial charge in [0.15, 0.2) is 5.84 Å². The average Bonchev–Trinajstić information content (AvgIpc) is 3.47. The second-order valence-electron chi connectivity index (χ2n) is 6.91. The number of aromatic nitrogens is 2. The fourth-order valence-electron chi connectivity index (χ4n) is 3.29. The minimum atomic E-state index is 0.574. The molecule has 1 saturated heterocycles. The smallest absolute Gasteiger partial charge is 0.169 e. The van der Waals surface area contributed by atoms with Gasteiger partial charge in [0.05, 0.1) is 18.8 Å². The van der Waals surface area contributed by atoms with E-state index in [1.165, 1.54) is 12.8 Å². The highest BCUT2D eigenvalue weighted by molar-refractivity contribution is 6.02. The Morgan fingerprint density at radius 3 is 2.48 bits per heavy atom. The third-order valence-corrected chi connectivity index (χ3v) is 4.75. The molecule has 0 saturated carbocycles. The SMILES string of the molecule is c1ccc(OCCCOc2ccccc2/C(=N\N2CCCC2)n2ccnc2)cc1. The number of hydrogen-bond donors (Lipinski definition) is 0. The third kappa shape index (κ3) is 5.16. The third-order valence-electron chi connectivity index (χ3n) is 4.75. The van der Waals surface area contributed by atoms with E-state index in [2.05, 4.69) is 9.99 Å². The lowest BCUT2D eigenvalue weighted by Gasteiger charge is -2.17. The van der Waals surface area contributed by atoms with Crippen molar-refractivity contribution in [3.8, 4) is 11.5 Å². The Morgan fingerprint density at radius 2 is 1.69 bits per heavy atom. The first-order chi connectivity index (χ1) is 14.4. The summed E-state index contributed by atoms with van der Waals surface area (Å²) in [7, 11) is 0. The van der Waals surface area contributed by atoms with Crippen molar-refractivity contribution >= 4 is 5.84 Å². The summed E-state index contributed by atoms with van der Waals surface area (Å²) in [5.41, 5.74) is 0.960. The number of ether oxygens (including phenoxy) is 2. The Labute approximate surface area is 171 Å². The molecule has 150 valence electrons. The predicted molar refractivity (Wildman–Crippen MR) is 113 cm³/mol. The van der Waals surface area contributed by atoms with Crippen molar-refractivity contribution in [1.29, 1.82) is 0 Å². The van der Waals surface area contributed by atoms with Crippen LogP contribution in [0.2, 0.25) is 0 Å².